The zero-order chi connectivity index (χ0) is 14.9. The molecular formula is C17H22N2O2. The smallest absolute Gasteiger partial charge is 0.219 e. The van der Waals surface area contributed by atoms with Gasteiger partial charge in [0.15, 0.2) is 0 Å². The van der Waals surface area contributed by atoms with Gasteiger partial charge in [-0.25, -0.2) is 4.98 Å². The van der Waals surface area contributed by atoms with E-state index in [2.05, 4.69) is 17.2 Å². The van der Waals surface area contributed by atoms with E-state index in [1.807, 2.05) is 42.6 Å². The summed E-state index contributed by atoms with van der Waals surface area (Å²) in [6.45, 7) is 4.60. The van der Waals surface area contributed by atoms with Crippen molar-refractivity contribution in [2.45, 2.75) is 19.9 Å². The number of ether oxygens (including phenoxy) is 2. The normalized spacial score (nSPS) is 10.6. The summed E-state index contributed by atoms with van der Waals surface area (Å²) in [5.41, 5.74) is 2.39. The van der Waals surface area contributed by atoms with E-state index in [0.29, 0.717) is 5.88 Å². The third kappa shape index (κ3) is 5.17. The Balaban J connectivity index is 1.91. The number of nitrogens with one attached hydrogen (secondary N) is 1. The number of hydrogen-bond donors (Lipinski definition) is 1. The lowest BCUT2D eigenvalue weighted by atomic mass is 10.1. The van der Waals surface area contributed by atoms with E-state index in [4.69, 9.17) is 9.47 Å². The molecule has 0 unspecified atom stereocenters. The number of hydrogen-bond acceptors (Lipinski definition) is 4. The molecule has 0 saturated carbocycles. The molecule has 0 spiro atoms. The summed E-state index contributed by atoms with van der Waals surface area (Å²) in [5, 5.41) is 3.27. The van der Waals surface area contributed by atoms with E-state index in [-0.39, 0.29) is 0 Å². The van der Waals surface area contributed by atoms with Gasteiger partial charge in [0.2, 0.25) is 5.88 Å². The number of pyridine rings is 1. The van der Waals surface area contributed by atoms with Gasteiger partial charge in [0.1, 0.15) is 5.75 Å². The molecule has 0 aliphatic carbocycles. The van der Waals surface area contributed by atoms with Crippen LogP contribution >= 0.6 is 0 Å². The Morgan fingerprint density at radius 2 is 1.81 bits per heavy atom. The van der Waals surface area contributed by atoms with Gasteiger partial charge >= 0.3 is 0 Å². The minimum atomic E-state index is 0.611. The van der Waals surface area contributed by atoms with Gasteiger partial charge in [0.25, 0.3) is 0 Å². The van der Waals surface area contributed by atoms with Crippen LogP contribution in [0.1, 0.15) is 18.1 Å². The maximum atomic E-state index is 5.73. The fourth-order valence-electron chi connectivity index (χ4n) is 1.91. The molecule has 4 nitrogen and oxygen atoms in total. The topological polar surface area (TPSA) is 43.4 Å². The molecule has 112 valence electrons. The first-order valence-electron chi connectivity index (χ1n) is 7.23. The zero-order valence-electron chi connectivity index (χ0n) is 12.6. The van der Waals surface area contributed by atoms with Crippen LogP contribution in [0.4, 0.5) is 0 Å². The van der Waals surface area contributed by atoms with Gasteiger partial charge in [-0.15, -0.1) is 0 Å². The second-order valence-corrected chi connectivity index (χ2v) is 4.77. The summed E-state index contributed by atoms with van der Waals surface area (Å²) in [4.78, 5) is 4.32. The Hall–Kier alpha value is -1.91. The minimum Gasteiger partial charge on any atom is -0.439 e. The van der Waals surface area contributed by atoms with Gasteiger partial charge in [-0.3, -0.25) is 0 Å². The SMILES string of the molecule is CCNCc1ccc(Oc2ccc(CCOC)cc2)nc1. The van der Waals surface area contributed by atoms with Gasteiger partial charge in [-0.05, 0) is 36.2 Å². The quantitative estimate of drug-likeness (QED) is 0.809. The summed E-state index contributed by atoms with van der Waals surface area (Å²) in [7, 11) is 1.71. The van der Waals surface area contributed by atoms with Gasteiger partial charge in [-0.1, -0.05) is 25.1 Å². The molecule has 1 aromatic carbocycles. The number of aromatic nitrogens is 1. The Kier molecular flexibility index (Phi) is 6.19. The van der Waals surface area contributed by atoms with Crippen LogP contribution in [0.2, 0.25) is 0 Å². The molecule has 1 heterocycles. The van der Waals surface area contributed by atoms with Crippen molar-refractivity contribution in [2.75, 3.05) is 20.3 Å². The first-order valence-corrected chi connectivity index (χ1v) is 7.23. The summed E-state index contributed by atoms with van der Waals surface area (Å²) in [6, 6.07) is 11.9. The van der Waals surface area contributed by atoms with Gasteiger partial charge in [0.05, 0.1) is 6.61 Å². The van der Waals surface area contributed by atoms with Crippen molar-refractivity contribution in [3.8, 4) is 11.6 Å². The summed E-state index contributed by atoms with van der Waals surface area (Å²) < 4.78 is 10.8. The molecule has 0 saturated heterocycles. The minimum absolute atomic E-state index is 0.611. The molecule has 0 aliphatic heterocycles. The first-order chi connectivity index (χ1) is 10.3. The molecule has 0 atom stereocenters. The van der Waals surface area contributed by atoms with Crippen LogP contribution < -0.4 is 10.1 Å². The summed E-state index contributed by atoms with van der Waals surface area (Å²) in [5.74, 6) is 1.41. The van der Waals surface area contributed by atoms with Gasteiger partial charge < -0.3 is 14.8 Å². The third-order valence-electron chi connectivity index (χ3n) is 3.12. The van der Waals surface area contributed by atoms with E-state index < -0.39 is 0 Å². The second kappa shape index (κ2) is 8.39. The van der Waals surface area contributed by atoms with Crippen molar-refractivity contribution in [1.82, 2.24) is 10.3 Å². The molecule has 21 heavy (non-hydrogen) atoms. The number of nitrogens with zero attached hydrogens (tertiary/aromatic N) is 1. The van der Waals surface area contributed by atoms with E-state index in [1.54, 1.807) is 7.11 Å². The Labute approximate surface area is 126 Å². The lowest BCUT2D eigenvalue weighted by Gasteiger charge is -2.07. The van der Waals surface area contributed by atoms with E-state index in [9.17, 15) is 0 Å². The first kappa shape index (κ1) is 15.5. The Bertz CT molecular complexity index is 474. The molecule has 0 radical (unpaired) electrons. The van der Waals surface area contributed by atoms with Crippen molar-refractivity contribution in [3.63, 3.8) is 0 Å². The molecule has 2 aromatic rings. The average Bonchev–Trinajstić information content (AvgIpc) is 2.53. The van der Waals surface area contributed by atoms with Crippen molar-refractivity contribution in [3.05, 3.63) is 53.7 Å². The zero-order valence-corrected chi connectivity index (χ0v) is 12.6. The fraction of sp³-hybridized carbons (Fsp3) is 0.353. The summed E-state index contributed by atoms with van der Waals surface area (Å²) >= 11 is 0. The maximum absolute atomic E-state index is 5.73. The van der Waals surface area contributed by atoms with Crippen LogP contribution in [-0.2, 0) is 17.7 Å². The predicted molar refractivity (Wildman–Crippen MR) is 83.7 cm³/mol. The van der Waals surface area contributed by atoms with Crippen molar-refractivity contribution >= 4 is 0 Å². The molecule has 4 heteroatoms. The highest BCUT2D eigenvalue weighted by Gasteiger charge is 2.00. The highest BCUT2D eigenvalue weighted by Crippen LogP contribution is 2.20. The monoisotopic (exact) mass is 286 g/mol. The van der Waals surface area contributed by atoms with Crippen LogP contribution in [0.3, 0.4) is 0 Å². The van der Waals surface area contributed by atoms with Crippen LogP contribution in [0, 0.1) is 0 Å². The maximum Gasteiger partial charge on any atom is 0.219 e. The largest absolute Gasteiger partial charge is 0.439 e. The van der Waals surface area contributed by atoms with Crippen molar-refractivity contribution < 1.29 is 9.47 Å². The van der Waals surface area contributed by atoms with Gasteiger partial charge in [0, 0.05) is 25.9 Å². The number of rotatable bonds is 8. The number of methoxy groups -OCH3 is 1. The fourth-order valence-corrected chi connectivity index (χ4v) is 1.91. The molecule has 0 aliphatic rings. The van der Waals surface area contributed by atoms with E-state index in [0.717, 1.165) is 37.4 Å². The van der Waals surface area contributed by atoms with Crippen LogP contribution in [-0.4, -0.2) is 25.2 Å². The highest BCUT2D eigenvalue weighted by atomic mass is 16.5. The third-order valence-corrected chi connectivity index (χ3v) is 3.12. The molecule has 0 fully saturated rings. The summed E-state index contributed by atoms with van der Waals surface area (Å²) in [6.07, 6.45) is 2.75. The Morgan fingerprint density at radius 3 is 2.43 bits per heavy atom. The standard InChI is InChI=1S/C17H22N2O2/c1-3-18-12-15-6-9-17(19-13-15)21-16-7-4-14(5-8-16)10-11-20-2/h4-9,13,18H,3,10-12H2,1-2H3. The molecule has 2 rings (SSSR count). The van der Waals surface area contributed by atoms with Crippen molar-refractivity contribution in [2.24, 2.45) is 0 Å². The molecule has 1 N–H and O–H groups in total. The highest BCUT2D eigenvalue weighted by molar-refractivity contribution is 5.31. The van der Waals surface area contributed by atoms with Crippen LogP contribution in [0.5, 0.6) is 11.6 Å². The second-order valence-electron chi connectivity index (χ2n) is 4.77. The van der Waals surface area contributed by atoms with Crippen molar-refractivity contribution in [1.29, 1.82) is 0 Å². The van der Waals surface area contributed by atoms with Gasteiger partial charge in [-0.2, -0.15) is 0 Å². The van der Waals surface area contributed by atoms with E-state index in [1.165, 1.54) is 5.56 Å². The van der Waals surface area contributed by atoms with Crippen LogP contribution in [0.25, 0.3) is 0 Å². The molecular weight excluding hydrogens is 264 g/mol. The van der Waals surface area contributed by atoms with E-state index >= 15 is 0 Å². The average molecular weight is 286 g/mol. The number of benzene rings is 1. The molecule has 0 amide bonds. The molecule has 0 bridgehead atoms. The predicted octanol–water partition coefficient (Wildman–Crippen LogP) is 3.17. The lowest BCUT2D eigenvalue weighted by Crippen LogP contribution is -2.11. The molecule has 1 aromatic heterocycles. The lowest BCUT2D eigenvalue weighted by molar-refractivity contribution is 0.202. The van der Waals surface area contributed by atoms with Crippen LogP contribution in [0.15, 0.2) is 42.6 Å². The Morgan fingerprint density at radius 1 is 1.05 bits per heavy atom.